The standard InChI is InChI=1S/C15H16N4O/c1-11-2-4-12(5-3-11)14-18-13(10-16)15(20-14)19-8-6-17-7-9-19/h2-5,17H,6-9H2,1H3. The Balaban J connectivity index is 1.96. The molecule has 0 saturated carbocycles. The Labute approximate surface area is 117 Å². The van der Waals surface area contributed by atoms with E-state index in [0.29, 0.717) is 17.5 Å². The van der Waals surface area contributed by atoms with E-state index in [1.54, 1.807) is 0 Å². The molecular formula is C15H16N4O. The summed E-state index contributed by atoms with van der Waals surface area (Å²) in [6, 6.07) is 10.1. The lowest BCUT2D eigenvalue weighted by atomic mass is 10.1. The first kappa shape index (κ1) is 12.7. The molecule has 20 heavy (non-hydrogen) atoms. The summed E-state index contributed by atoms with van der Waals surface area (Å²) in [5.74, 6) is 1.10. The molecule has 0 aliphatic carbocycles. The number of hydrogen-bond acceptors (Lipinski definition) is 5. The Bertz CT molecular complexity index is 633. The van der Waals surface area contributed by atoms with Crippen molar-refractivity contribution in [2.45, 2.75) is 6.92 Å². The molecule has 0 radical (unpaired) electrons. The Hall–Kier alpha value is -2.32. The molecular weight excluding hydrogens is 252 g/mol. The summed E-state index contributed by atoms with van der Waals surface area (Å²) in [5, 5.41) is 12.5. The molecule has 1 aliphatic heterocycles. The lowest BCUT2D eigenvalue weighted by Gasteiger charge is -2.26. The fraction of sp³-hybridized carbons (Fsp3) is 0.333. The topological polar surface area (TPSA) is 65.1 Å². The predicted octanol–water partition coefficient (Wildman–Crippen LogP) is 1.93. The minimum absolute atomic E-state index is 0.363. The van der Waals surface area contributed by atoms with Gasteiger partial charge in [-0.2, -0.15) is 10.2 Å². The van der Waals surface area contributed by atoms with Crippen molar-refractivity contribution in [3.63, 3.8) is 0 Å². The van der Waals surface area contributed by atoms with Crippen LogP contribution in [0.2, 0.25) is 0 Å². The van der Waals surface area contributed by atoms with Gasteiger partial charge in [0.05, 0.1) is 0 Å². The monoisotopic (exact) mass is 268 g/mol. The van der Waals surface area contributed by atoms with Crippen LogP contribution in [0.3, 0.4) is 0 Å². The fourth-order valence-electron chi connectivity index (χ4n) is 2.29. The maximum absolute atomic E-state index is 9.24. The lowest BCUT2D eigenvalue weighted by Crippen LogP contribution is -2.43. The van der Waals surface area contributed by atoms with E-state index in [1.807, 2.05) is 31.2 Å². The number of anilines is 1. The van der Waals surface area contributed by atoms with Crippen molar-refractivity contribution in [2.75, 3.05) is 31.1 Å². The molecule has 5 nitrogen and oxygen atoms in total. The van der Waals surface area contributed by atoms with E-state index >= 15 is 0 Å². The van der Waals surface area contributed by atoms with Gasteiger partial charge < -0.3 is 14.6 Å². The zero-order chi connectivity index (χ0) is 13.9. The Morgan fingerprint density at radius 3 is 2.60 bits per heavy atom. The van der Waals surface area contributed by atoms with Crippen molar-refractivity contribution < 1.29 is 4.42 Å². The van der Waals surface area contributed by atoms with Crippen molar-refractivity contribution in [1.82, 2.24) is 10.3 Å². The SMILES string of the molecule is Cc1ccc(-c2nc(C#N)c(N3CCNCC3)o2)cc1. The largest absolute Gasteiger partial charge is 0.419 e. The highest BCUT2D eigenvalue weighted by molar-refractivity contribution is 5.59. The molecule has 5 heteroatoms. The zero-order valence-electron chi connectivity index (χ0n) is 11.4. The van der Waals surface area contributed by atoms with Crippen molar-refractivity contribution in [3.05, 3.63) is 35.5 Å². The van der Waals surface area contributed by atoms with E-state index in [-0.39, 0.29) is 0 Å². The number of aryl methyl sites for hydroxylation is 1. The van der Waals surface area contributed by atoms with Crippen LogP contribution in [0, 0.1) is 18.3 Å². The van der Waals surface area contributed by atoms with Gasteiger partial charge in [0.1, 0.15) is 6.07 Å². The molecule has 3 rings (SSSR count). The molecule has 1 N–H and O–H groups in total. The van der Waals surface area contributed by atoms with E-state index in [0.717, 1.165) is 31.7 Å². The molecule has 0 atom stereocenters. The predicted molar refractivity (Wildman–Crippen MR) is 76.5 cm³/mol. The molecule has 0 spiro atoms. The second-order valence-corrected chi connectivity index (χ2v) is 4.89. The number of rotatable bonds is 2. The highest BCUT2D eigenvalue weighted by Crippen LogP contribution is 2.28. The molecule has 0 unspecified atom stereocenters. The minimum Gasteiger partial charge on any atom is -0.419 e. The Morgan fingerprint density at radius 1 is 1.25 bits per heavy atom. The van der Waals surface area contributed by atoms with E-state index < -0.39 is 0 Å². The maximum Gasteiger partial charge on any atom is 0.235 e. The maximum atomic E-state index is 9.24. The van der Waals surface area contributed by atoms with Crippen LogP contribution in [0.4, 0.5) is 5.88 Å². The van der Waals surface area contributed by atoms with Crippen LogP contribution >= 0.6 is 0 Å². The summed E-state index contributed by atoms with van der Waals surface area (Å²) < 4.78 is 5.84. The van der Waals surface area contributed by atoms with Crippen LogP contribution in [0.5, 0.6) is 0 Å². The van der Waals surface area contributed by atoms with Gasteiger partial charge in [-0.1, -0.05) is 17.7 Å². The number of hydrogen-bond donors (Lipinski definition) is 1. The highest BCUT2D eigenvalue weighted by atomic mass is 16.4. The molecule has 1 fully saturated rings. The quantitative estimate of drug-likeness (QED) is 0.901. The van der Waals surface area contributed by atoms with Gasteiger partial charge in [0.2, 0.25) is 17.5 Å². The van der Waals surface area contributed by atoms with Crippen LogP contribution in [0.15, 0.2) is 28.7 Å². The molecule has 102 valence electrons. The van der Waals surface area contributed by atoms with Gasteiger partial charge in [-0.05, 0) is 19.1 Å². The third kappa shape index (κ3) is 2.38. The van der Waals surface area contributed by atoms with Gasteiger partial charge >= 0.3 is 0 Å². The number of piperazine rings is 1. The molecule has 1 aromatic heterocycles. The summed E-state index contributed by atoms with van der Waals surface area (Å²) in [6.45, 7) is 5.48. The van der Waals surface area contributed by atoms with Crippen LogP contribution in [0.1, 0.15) is 11.3 Å². The second-order valence-electron chi connectivity index (χ2n) is 4.89. The van der Waals surface area contributed by atoms with E-state index in [2.05, 4.69) is 21.3 Å². The normalized spacial score (nSPS) is 15.1. The van der Waals surface area contributed by atoms with Crippen molar-refractivity contribution in [1.29, 1.82) is 5.26 Å². The fourth-order valence-corrected chi connectivity index (χ4v) is 2.29. The number of nitrogens with one attached hydrogen (secondary N) is 1. The second kappa shape index (κ2) is 5.35. The molecule has 1 saturated heterocycles. The zero-order valence-corrected chi connectivity index (χ0v) is 11.4. The van der Waals surface area contributed by atoms with Crippen LogP contribution in [0.25, 0.3) is 11.5 Å². The average molecular weight is 268 g/mol. The Morgan fingerprint density at radius 2 is 1.95 bits per heavy atom. The smallest absolute Gasteiger partial charge is 0.235 e. The number of nitriles is 1. The number of aromatic nitrogens is 1. The summed E-state index contributed by atoms with van der Waals surface area (Å²) in [4.78, 5) is 6.38. The average Bonchev–Trinajstić information content (AvgIpc) is 2.93. The number of benzene rings is 1. The van der Waals surface area contributed by atoms with Gasteiger partial charge in [0.25, 0.3) is 0 Å². The molecule has 0 bridgehead atoms. The third-order valence-corrected chi connectivity index (χ3v) is 3.42. The van der Waals surface area contributed by atoms with Crippen molar-refractivity contribution >= 4 is 5.88 Å². The highest BCUT2D eigenvalue weighted by Gasteiger charge is 2.21. The van der Waals surface area contributed by atoms with Gasteiger partial charge in [-0.3, -0.25) is 0 Å². The third-order valence-electron chi connectivity index (χ3n) is 3.42. The molecule has 0 amide bonds. The first-order valence-electron chi connectivity index (χ1n) is 6.71. The van der Waals surface area contributed by atoms with Crippen LogP contribution < -0.4 is 10.2 Å². The number of nitrogens with zero attached hydrogens (tertiary/aromatic N) is 3. The Kier molecular flexibility index (Phi) is 3.40. The summed E-state index contributed by atoms with van der Waals surface area (Å²) in [6.07, 6.45) is 0. The van der Waals surface area contributed by atoms with Gasteiger partial charge in [-0.25, -0.2) is 0 Å². The minimum atomic E-state index is 0.363. The van der Waals surface area contributed by atoms with Gasteiger partial charge in [0.15, 0.2) is 0 Å². The van der Waals surface area contributed by atoms with E-state index in [4.69, 9.17) is 4.42 Å². The van der Waals surface area contributed by atoms with Gasteiger partial charge in [-0.15, -0.1) is 0 Å². The van der Waals surface area contributed by atoms with Crippen LogP contribution in [-0.4, -0.2) is 31.2 Å². The van der Waals surface area contributed by atoms with E-state index in [9.17, 15) is 5.26 Å². The van der Waals surface area contributed by atoms with Crippen molar-refractivity contribution in [3.8, 4) is 17.5 Å². The first-order chi connectivity index (χ1) is 9.78. The van der Waals surface area contributed by atoms with Crippen molar-refractivity contribution in [2.24, 2.45) is 0 Å². The number of oxazole rings is 1. The van der Waals surface area contributed by atoms with E-state index in [1.165, 1.54) is 5.56 Å². The lowest BCUT2D eigenvalue weighted by molar-refractivity contribution is 0.512. The summed E-state index contributed by atoms with van der Waals surface area (Å²) >= 11 is 0. The molecule has 2 heterocycles. The summed E-state index contributed by atoms with van der Waals surface area (Å²) in [5.41, 5.74) is 2.44. The van der Waals surface area contributed by atoms with Crippen LogP contribution in [-0.2, 0) is 0 Å². The molecule has 1 aliphatic rings. The first-order valence-corrected chi connectivity index (χ1v) is 6.71. The molecule has 2 aromatic rings. The van der Waals surface area contributed by atoms with Gasteiger partial charge in [0, 0.05) is 31.7 Å². The molecule has 1 aromatic carbocycles. The summed E-state index contributed by atoms with van der Waals surface area (Å²) in [7, 11) is 0.